The number of rotatable bonds is 2. The normalized spacial score (nSPS) is 24.9. The Balaban J connectivity index is 2.07. The first-order valence-electron chi connectivity index (χ1n) is 4.46. The van der Waals surface area contributed by atoms with Gasteiger partial charge in [0.1, 0.15) is 6.10 Å². The number of nitrogens with two attached hydrogens (primary N) is 1. The minimum atomic E-state index is -0.338. The first-order chi connectivity index (χ1) is 6.79. The number of nitrogens with zero attached hydrogens (tertiary/aromatic N) is 4. The van der Waals surface area contributed by atoms with Gasteiger partial charge in [0, 0.05) is 7.05 Å². The molecule has 2 heterocycles. The van der Waals surface area contributed by atoms with Crippen molar-refractivity contribution in [3.05, 3.63) is 5.82 Å². The molecule has 2 atom stereocenters. The van der Waals surface area contributed by atoms with Crippen molar-refractivity contribution in [3.8, 4) is 0 Å². The first-order valence-corrected chi connectivity index (χ1v) is 4.46. The number of aryl methyl sites for hydroxylation is 1. The third-order valence-corrected chi connectivity index (χ3v) is 2.19. The Kier molecular flexibility index (Phi) is 2.71. The maximum atomic E-state index is 5.95. The van der Waals surface area contributed by atoms with E-state index in [9.17, 15) is 0 Å². The molecule has 14 heavy (non-hydrogen) atoms. The van der Waals surface area contributed by atoms with Gasteiger partial charge in [0.2, 0.25) is 0 Å². The topological polar surface area (TPSA) is 88.1 Å². The van der Waals surface area contributed by atoms with Gasteiger partial charge in [-0.15, -0.1) is 5.10 Å². The van der Waals surface area contributed by atoms with E-state index in [0.29, 0.717) is 25.6 Å². The van der Waals surface area contributed by atoms with Crippen molar-refractivity contribution in [1.82, 2.24) is 20.2 Å². The Bertz CT molecular complexity index is 296. The molecule has 2 rings (SSSR count). The van der Waals surface area contributed by atoms with Crippen LogP contribution in [0.3, 0.4) is 0 Å². The molecule has 1 aliphatic rings. The molecule has 1 aromatic heterocycles. The van der Waals surface area contributed by atoms with Crippen LogP contribution in [-0.4, -0.2) is 46.1 Å². The molecule has 1 saturated heterocycles. The summed E-state index contributed by atoms with van der Waals surface area (Å²) < 4.78 is 12.3. The summed E-state index contributed by atoms with van der Waals surface area (Å²) in [4.78, 5) is 0. The van der Waals surface area contributed by atoms with Crippen molar-refractivity contribution in [3.63, 3.8) is 0 Å². The molecular formula is C7H13N5O2. The second-order valence-corrected chi connectivity index (χ2v) is 3.17. The average Bonchev–Trinajstić information content (AvgIpc) is 2.65. The van der Waals surface area contributed by atoms with Gasteiger partial charge in [-0.3, -0.25) is 0 Å². The minimum Gasteiger partial charge on any atom is -0.376 e. The van der Waals surface area contributed by atoms with E-state index >= 15 is 0 Å². The van der Waals surface area contributed by atoms with Crippen LogP contribution in [0.5, 0.6) is 0 Å². The third-order valence-electron chi connectivity index (χ3n) is 2.19. The Hall–Kier alpha value is -1.05. The lowest BCUT2D eigenvalue weighted by Gasteiger charge is -2.26. The van der Waals surface area contributed by atoms with Crippen LogP contribution < -0.4 is 5.73 Å². The number of hydrogen-bond acceptors (Lipinski definition) is 6. The number of tetrazole rings is 1. The lowest BCUT2D eigenvalue weighted by Crippen LogP contribution is -2.39. The maximum absolute atomic E-state index is 5.95. The summed E-state index contributed by atoms with van der Waals surface area (Å²) in [7, 11) is 1.75. The molecule has 2 N–H and O–H groups in total. The van der Waals surface area contributed by atoms with E-state index < -0.39 is 0 Å². The number of aromatic nitrogens is 4. The largest absolute Gasteiger partial charge is 0.376 e. The van der Waals surface area contributed by atoms with Gasteiger partial charge in [0.15, 0.2) is 5.82 Å². The van der Waals surface area contributed by atoms with Crippen LogP contribution >= 0.6 is 0 Å². The highest BCUT2D eigenvalue weighted by molar-refractivity contribution is 4.94. The molecule has 0 radical (unpaired) electrons. The Morgan fingerprint density at radius 2 is 2.43 bits per heavy atom. The predicted molar refractivity (Wildman–Crippen MR) is 46.3 cm³/mol. The third kappa shape index (κ3) is 1.74. The van der Waals surface area contributed by atoms with E-state index in [1.807, 2.05) is 0 Å². The van der Waals surface area contributed by atoms with E-state index in [2.05, 4.69) is 15.5 Å². The Morgan fingerprint density at radius 1 is 1.57 bits per heavy atom. The second-order valence-electron chi connectivity index (χ2n) is 3.17. The monoisotopic (exact) mass is 199 g/mol. The van der Waals surface area contributed by atoms with Crippen LogP contribution in [0.1, 0.15) is 11.9 Å². The smallest absolute Gasteiger partial charge is 0.170 e. The van der Waals surface area contributed by atoms with Gasteiger partial charge in [-0.1, -0.05) is 0 Å². The van der Waals surface area contributed by atoms with Crippen molar-refractivity contribution in [2.45, 2.75) is 12.1 Å². The molecule has 1 fully saturated rings. The standard InChI is InChI=1S/C7H13N5O2/c1-12-7(9-10-11-12)6(8)5-4-13-2-3-14-5/h5-6H,2-4,8H2,1H3. The molecule has 0 aromatic carbocycles. The van der Waals surface area contributed by atoms with Crippen LogP contribution in [0.2, 0.25) is 0 Å². The molecule has 78 valence electrons. The fourth-order valence-corrected chi connectivity index (χ4v) is 1.40. The van der Waals surface area contributed by atoms with Crippen LogP contribution in [0.4, 0.5) is 0 Å². The molecule has 0 spiro atoms. The summed E-state index contributed by atoms with van der Waals surface area (Å²) >= 11 is 0. The lowest BCUT2D eigenvalue weighted by molar-refractivity contribution is -0.0988. The predicted octanol–water partition coefficient (Wildman–Crippen LogP) is -1.37. The zero-order chi connectivity index (χ0) is 9.97. The molecule has 0 saturated carbocycles. The highest BCUT2D eigenvalue weighted by atomic mass is 16.6. The Labute approximate surface area is 81.2 Å². The quantitative estimate of drug-likeness (QED) is 0.632. The first kappa shape index (κ1) is 9.50. The van der Waals surface area contributed by atoms with Crippen molar-refractivity contribution < 1.29 is 9.47 Å². The molecule has 2 unspecified atom stereocenters. The molecule has 1 aliphatic heterocycles. The van der Waals surface area contributed by atoms with Crippen LogP contribution in [0, 0.1) is 0 Å². The summed E-state index contributed by atoms with van der Waals surface area (Å²) in [5, 5.41) is 11.1. The molecule has 0 aliphatic carbocycles. The Morgan fingerprint density at radius 3 is 3.00 bits per heavy atom. The summed E-state index contributed by atoms with van der Waals surface area (Å²) in [6.07, 6.45) is -0.159. The van der Waals surface area contributed by atoms with Gasteiger partial charge < -0.3 is 15.2 Å². The molecule has 7 heteroatoms. The zero-order valence-electron chi connectivity index (χ0n) is 7.96. The van der Waals surface area contributed by atoms with Crippen LogP contribution in [0.25, 0.3) is 0 Å². The van der Waals surface area contributed by atoms with Gasteiger partial charge in [-0.25, -0.2) is 4.68 Å². The van der Waals surface area contributed by atoms with Gasteiger partial charge in [-0.2, -0.15) is 0 Å². The van der Waals surface area contributed by atoms with E-state index in [1.165, 1.54) is 0 Å². The van der Waals surface area contributed by atoms with Crippen molar-refractivity contribution in [2.75, 3.05) is 19.8 Å². The van der Waals surface area contributed by atoms with Crippen molar-refractivity contribution in [2.24, 2.45) is 12.8 Å². The average molecular weight is 199 g/mol. The van der Waals surface area contributed by atoms with E-state index in [1.54, 1.807) is 11.7 Å². The summed E-state index contributed by atoms with van der Waals surface area (Å²) in [5.74, 6) is 0.612. The molecule has 0 bridgehead atoms. The van der Waals surface area contributed by atoms with E-state index in [4.69, 9.17) is 15.2 Å². The summed E-state index contributed by atoms with van der Waals surface area (Å²) in [5.41, 5.74) is 5.95. The van der Waals surface area contributed by atoms with Gasteiger partial charge in [0.05, 0.1) is 25.9 Å². The van der Waals surface area contributed by atoms with Gasteiger partial charge in [-0.05, 0) is 10.4 Å². The summed E-state index contributed by atoms with van der Waals surface area (Å²) in [6.45, 7) is 1.69. The van der Waals surface area contributed by atoms with Crippen LogP contribution in [0.15, 0.2) is 0 Å². The van der Waals surface area contributed by atoms with E-state index in [0.717, 1.165) is 0 Å². The molecular weight excluding hydrogens is 186 g/mol. The highest BCUT2D eigenvalue weighted by Gasteiger charge is 2.26. The minimum absolute atomic E-state index is 0.159. The van der Waals surface area contributed by atoms with Gasteiger partial charge in [0.25, 0.3) is 0 Å². The SMILES string of the molecule is Cn1nnnc1C(N)C1COCCO1. The number of hydrogen-bond donors (Lipinski definition) is 1. The van der Waals surface area contributed by atoms with Crippen molar-refractivity contribution in [1.29, 1.82) is 0 Å². The summed E-state index contributed by atoms with van der Waals surface area (Å²) in [6, 6.07) is -0.338. The maximum Gasteiger partial charge on any atom is 0.170 e. The lowest BCUT2D eigenvalue weighted by atomic mass is 10.1. The second kappa shape index (κ2) is 3.99. The van der Waals surface area contributed by atoms with Crippen LogP contribution in [-0.2, 0) is 16.5 Å². The fraction of sp³-hybridized carbons (Fsp3) is 0.857. The van der Waals surface area contributed by atoms with E-state index in [-0.39, 0.29) is 12.1 Å². The molecule has 1 aromatic rings. The highest BCUT2D eigenvalue weighted by Crippen LogP contribution is 2.15. The zero-order valence-corrected chi connectivity index (χ0v) is 7.96. The van der Waals surface area contributed by atoms with Crippen molar-refractivity contribution >= 4 is 0 Å². The number of ether oxygens (including phenoxy) is 2. The molecule has 7 nitrogen and oxygen atoms in total. The molecule has 0 amide bonds. The van der Waals surface area contributed by atoms with Gasteiger partial charge >= 0.3 is 0 Å². The fourth-order valence-electron chi connectivity index (χ4n) is 1.40.